The predicted molar refractivity (Wildman–Crippen MR) is 113 cm³/mol. The summed E-state index contributed by atoms with van der Waals surface area (Å²) >= 11 is 0. The van der Waals surface area contributed by atoms with Crippen molar-refractivity contribution in [2.75, 3.05) is 33.0 Å². The standard InChI is InChI=1S/C20H33N3O5S/c1-16(2)28-13-9-12-21-20(25)17(3)23(14-18-10-7-6-8-11-18)19(24)15-22(4)29(5,26)27/h6-8,10-11,16-17H,9,12-15H2,1-5H3,(H,21,25). The average molecular weight is 428 g/mol. The molecule has 0 aromatic heterocycles. The largest absolute Gasteiger partial charge is 0.379 e. The van der Waals surface area contributed by atoms with Crippen molar-refractivity contribution in [2.24, 2.45) is 0 Å². The molecule has 0 saturated carbocycles. The van der Waals surface area contributed by atoms with Gasteiger partial charge in [0.05, 0.1) is 18.9 Å². The van der Waals surface area contributed by atoms with Crippen LogP contribution in [0.3, 0.4) is 0 Å². The van der Waals surface area contributed by atoms with Gasteiger partial charge < -0.3 is 15.0 Å². The molecule has 8 nitrogen and oxygen atoms in total. The third kappa shape index (κ3) is 9.38. The number of benzene rings is 1. The first-order valence-electron chi connectivity index (χ1n) is 9.66. The number of hydrogen-bond acceptors (Lipinski definition) is 5. The van der Waals surface area contributed by atoms with E-state index in [0.29, 0.717) is 19.6 Å². The molecule has 1 aromatic rings. The van der Waals surface area contributed by atoms with Crippen LogP contribution in [-0.4, -0.2) is 74.6 Å². The topological polar surface area (TPSA) is 96.0 Å². The Labute approximate surface area is 174 Å². The van der Waals surface area contributed by atoms with Gasteiger partial charge in [-0.3, -0.25) is 9.59 Å². The third-order valence-electron chi connectivity index (χ3n) is 4.36. The molecule has 0 aliphatic rings. The zero-order valence-electron chi connectivity index (χ0n) is 17.9. The highest BCUT2D eigenvalue weighted by molar-refractivity contribution is 7.88. The second kappa shape index (κ2) is 11.9. The summed E-state index contributed by atoms with van der Waals surface area (Å²) in [6.07, 6.45) is 1.84. The fraction of sp³-hybridized carbons (Fsp3) is 0.600. The van der Waals surface area contributed by atoms with Crippen LogP contribution in [-0.2, 0) is 30.9 Å². The van der Waals surface area contributed by atoms with Crippen molar-refractivity contribution in [1.29, 1.82) is 0 Å². The highest BCUT2D eigenvalue weighted by atomic mass is 32.2. The van der Waals surface area contributed by atoms with Crippen molar-refractivity contribution < 1.29 is 22.7 Å². The molecule has 0 spiro atoms. The summed E-state index contributed by atoms with van der Waals surface area (Å²) in [5.41, 5.74) is 0.854. The van der Waals surface area contributed by atoms with Crippen LogP contribution in [0.4, 0.5) is 0 Å². The first-order chi connectivity index (χ1) is 13.5. The molecule has 2 amide bonds. The van der Waals surface area contributed by atoms with Crippen LogP contribution in [0.5, 0.6) is 0 Å². The molecule has 1 aromatic carbocycles. The molecule has 0 heterocycles. The number of nitrogens with one attached hydrogen (secondary N) is 1. The van der Waals surface area contributed by atoms with E-state index in [9.17, 15) is 18.0 Å². The Kier molecular flexibility index (Phi) is 10.3. The molecule has 0 aliphatic heterocycles. The minimum absolute atomic E-state index is 0.135. The number of carbonyl (C=O) groups excluding carboxylic acids is 2. The van der Waals surface area contributed by atoms with Crippen molar-refractivity contribution in [3.05, 3.63) is 35.9 Å². The van der Waals surface area contributed by atoms with E-state index < -0.39 is 22.0 Å². The van der Waals surface area contributed by atoms with Gasteiger partial charge >= 0.3 is 0 Å². The lowest BCUT2D eigenvalue weighted by Crippen LogP contribution is -2.50. The van der Waals surface area contributed by atoms with Crippen molar-refractivity contribution in [2.45, 2.75) is 45.9 Å². The van der Waals surface area contributed by atoms with Gasteiger partial charge in [-0.05, 0) is 32.8 Å². The number of ether oxygens (including phenoxy) is 1. The molecule has 1 unspecified atom stereocenters. The molecule has 0 aliphatic carbocycles. The average Bonchev–Trinajstić information content (AvgIpc) is 2.64. The van der Waals surface area contributed by atoms with Gasteiger partial charge in [-0.15, -0.1) is 0 Å². The summed E-state index contributed by atoms with van der Waals surface area (Å²) < 4.78 is 29.8. The zero-order chi connectivity index (χ0) is 22.0. The summed E-state index contributed by atoms with van der Waals surface area (Å²) in [6.45, 7) is 6.39. The summed E-state index contributed by atoms with van der Waals surface area (Å²) in [4.78, 5) is 26.8. The van der Waals surface area contributed by atoms with Gasteiger partial charge in [-0.25, -0.2) is 8.42 Å². The van der Waals surface area contributed by atoms with Gasteiger partial charge in [0.25, 0.3) is 0 Å². The van der Waals surface area contributed by atoms with Crippen LogP contribution in [0.15, 0.2) is 30.3 Å². The molecule has 29 heavy (non-hydrogen) atoms. The zero-order valence-corrected chi connectivity index (χ0v) is 18.7. The number of amides is 2. The smallest absolute Gasteiger partial charge is 0.242 e. The van der Waals surface area contributed by atoms with E-state index in [2.05, 4.69) is 5.32 Å². The lowest BCUT2D eigenvalue weighted by Gasteiger charge is -2.30. The van der Waals surface area contributed by atoms with E-state index in [1.165, 1.54) is 11.9 Å². The van der Waals surface area contributed by atoms with Crippen molar-refractivity contribution in [1.82, 2.24) is 14.5 Å². The minimum atomic E-state index is -3.51. The minimum Gasteiger partial charge on any atom is -0.379 e. The van der Waals surface area contributed by atoms with Crippen LogP contribution in [0.25, 0.3) is 0 Å². The Morgan fingerprint density at radius 2 is 1.76 bits per heavy atom. The molecule has 0 fully saturated rings. The number of nitrogens with zero attached hydrogens (tertiary/aromatic N) is 2. The highest BCUT2D eigenvalue weighted by Crippen LogP contribution is 2.11. The molecule has 0 bridgehead atoms. The van der Waals surface area contributed by atoms with E-state index in [-0.39, 0.29) is 25.1 Å². The van der Waals surface area contributed by atoms with Crippen LogP contribution >= 0.6 is 0 Å². The van der Waals surface area contributed by atoms with Crippen LogP contribution in [0.1, 0.15) is 32.8 Å². The van der Waals surface area contributed by atoms with Gasteiger partial charge in [0.1, 0.15) is 6.04 Å². The summed E-state index contributed by atoms with van der Waals surface area (Å²) in [5.74, 6) is -0.728. The van der Waals surface area contributed by atoms with Gasteiger partial charge in [-0.1, -0.05) is 30.3 Å². The molecular formula is C20H33N3O5S. The number of carbonyl (C=O) groups is 2. The SMILES string of the molecule is CC(C)OCCCNC(=O)C(C)N(Cc1ccccc1)C(=O)CN(C)S(C)(=O)=O. The van der Waals surface area contributed by atoms with Crippen LogP contribution in [0, 0.1) is 0 Å². The van der Waals surface area contributed by atoms with Crippen molar-refractivity contribution in [3.8, 4) is 0 Å². The lowest BCUT2D eigenvalue weighted by molar-refractivity contribution is -0.140. The Morgan fingerprint density at radius 3 is 2.31 bits per heavy atom. The van der Waals surface area contributed by atoms with Crippen molar-refractivity contribution in [3.63, 3.8) is 0 Å². The molecule has 0 saturated heterocycles. The second-order valence-corrected chi connectivity index (χ2v) is 9.36. The monoisotopic (exact) mass is 427 g/mol. The number of sulfonamides is 1. The normalized spacial score (nSPS) is 12.8. The van der Waals surface area contributed by atoms with Gasteiger partial charge in [0.2, 0.25) is 21.8 Å². The van der Waals surface area contributed by atoms with Gasteiger partial charge in [0.15, 0.2) is 0 Å². The predicted octanol–water partition coefficient (Wildman–Crippen LogP) is 1.23. The van der Waals surface area contributed by atoms with Gasteiger partial charge in [-0.2, -0.15) is 4.31 Å². The van der Waals surface area contributed by atoms with E-state index in [4.69, 9.17) is 4.74 Å². The summed E-state index contributed by atoms with van der Waals surface area (Å²) in [5, 5.41) is 2.82. The third-order valence-corrected chi connectivity index (χ3v) is 5.62. The quantitative estimate of drug-likeness (QED) is 0.506. The Bertz CT molecular complexity index is 753. The lowest BCUT2D eigenvalue weighted by atomic mass is 10.1. The second-order valence-electron chi connectivity index (χ2n) is 7.27. The number of hydrogen-bond donors (Lipinski definition) is 1. The highest BCUT2D eigenvalue weighted by Gasteiger charge is 2.28. The van der Waals surface area contributed by atoms with Gasteiger partial charge in [0, 0.05) is 26.7 Å². The van der Waals surface area contributed by atoms with E-state index in [1.54, 1.807) is 6.92 Å². The van der Waals surface area contributed by atoms with Crippen molar-refractivity contribution >= 4 is 21.8 Å². The van der Waals surface area contributed by atoms with E-state index in [1.807, 2.05) is 44.2 Å². The molecule has 0 radical (unpaired) electrons. The number of likely N-dealkylation sites (N-methyl/N-ethyl adjacent to an activating group) is 1. The number of rotatable bonds is 12. The molecule has 9 heteroatoms. The van der Waals surface area contributed by atoms with E-state index in [0.717, 1.165) is 16.1 Å². The first-order valence-corrected chi connectivity index (χ1v) is 11.5. The van der Waals surface area contributed by atoms with E-state index >= 15 is 0 Å². The maximum Gasteiger partial charge on any atom is 0.242 e. The maximum absolute atomic E-state index is 12.8. The Hall–Kier alpha value is -1.97. The maximum atomic E-state index is 12.8. The molecule has 1 atom stereocenters. The Morgan fingerprint density at radius 1 is 1.14 bits per heavy atom. The first kappa shape index (κ1) is 25.1. The molecule has 1 N–H and O–H groups in total. The molecule has 1 rings (SSSR count). The van der Waals surface area contributed by atoms with Crippen LogP contribution in [0.2, 0.25) is 0 Å². The summed E-state index contributed by atoms with van der Waals surface area (Å²) in [6, 6.07) is 8.52. The molecular weight excluding hydrogens is 394 g/mol. The fourth-order valence-corrected chi connectivity index (χ4v) is 2.86. The summed E-state index contributed by atoms with van der Waals surface area (Å²) in [7, 11) is -2.17. The molecule has 164 valence electrons. The Balaban J connectivity index is 2.80. The van der Waals surface area contributed by atoms with Crippen LogP contribution < -0.4 is 5.32 Å². The fourth-order valence-electron chi connectivity index (χ4n) is 2.51.